The Morgan fingerprint density at radius 1 is 1.12 bits per heavy atom. The van der Waals surface area contributed by atoms with Crippen LogP contribution in [0.2, 0.25) is 0 Å². The molecular weight excluding hydrogens is 320 g/mol. The van der Waals surface area contributed by atoms with Crippen molar-refractivity contribution in [3.05, 3.63) is 0 Å². The van der Waals surface area contributed by atoms with Crippen LogP contribution >= 0.6 is 0 Å². The summed E-state index contributed by atoms with van der Waals surface area (Å²) in [5, 5.41) is 10.4. The Hall–Kier alpha value is -0.650. The predicted octanol–water partition coefficient (Wildman–Crippen LogP) is 3.57. The van der Waals surface area contributed by atoms with Crippen LogP contribution in [0.3, 0.4) is 0 Å². The Morgan fingerprint density at radius 3 is 2.64 bits per heavy atom. The van der Waals surface area contributed by atoms with Gasteiger partial charge in [0.25, 0.3) is 0 Å². The lowest BCUT2D eigenvalue weighted by molar-refractivity contribution is -0.275. The van der Waals surface area contributed by atoms with E-state index < -0.39 is 5.79 Å². The van der Waals surface area contributed by atoms with Crippen LogP contribution in [0.1, 0.15) is 77.6 Å². The van der Waals surface area contributed by atoms with Crippen LogP contribution in [-0.4, -0.2) is 42.3 Å². The number of aliphatic hydroxyl groups excluding tert-OH is 1. The van der Waals surface area contributed by atoms with Crippen molar-refractivity contribution in [2.24, 2.45) is 11.8 Å². The molecule has 5 heteroatoms. The molecule has 0 aromatic carbocycles. The second kappa shape index (κ2) is 8.83. The average molecular weight is 354 g/mol. The fraction of sp³-hybridized carbons (Fsp3) is 0.950. The highest BCUT2D eigenvalue weighted by Crippen LogP contribution is 2.45. The highest BCUT2D eigenvalue weighted by molar-refractivity contribution is 5.72. The number of unbranched alkanes of at least 4 members (excludes halogenated alkanes) is 4. The lowest BCUT2D eigenvalue weighted by Gasteiger charge is -2.38. The quantitative estimate of drug-likeness (QED) is 0.506. The standard InChI is InChI=1S/C20H34O5/c1-2-3-4-5-6-9-20(23-11-7-12-24-20)10-8-15-16-13-19(22)25-18(16)14-17(15)21/h15-18,21H,2-14H2,1H3/t15-,16?,17?,18?/m1/s1. The molecule has 0 amide bonds. The smallest absolute Gasteiger partial charge is 0.306 e. The minimum Gasteiger partial charge on any atom is -0.462 e. The molecule has 2 heterocycles. The van der Waals surface area contributed by atoms with Gasteiger partial charge in [0.2, 0.25) is 0 Å². The third-order valence-electron chi connectivity index (χ3n) is 6.22. The Kier molecular flexibility index (Phi) is 6.75. The zero-order chi connectivity index (χ0) is 17.7. The first-order valence-corrected chi connectivity index (χ1v) is 10.3. The van der Waals surface area contributed by atoms with E-state index in [0.29, 0.717) is 12.8 Å². The molecule has 25 heavy (non-hydrogen) atoms. The highest BCUT2D eigenvalue weighted by atomic mass is 16.7. The lowest BCUT2D eigenvalue weighted by atomic mass is 9.85. The van der Waals surface area contributed by atoms with Crippen LogP contribution in [0.5, 0.6) is 0 Å². The number of aliphatic hydroxyl groups is 1. The third-order valence-corrected chi connectivity index (χ3v) is 6.22. The molecule has 3 fully saturated rings. The van der Waals surface area contributed by atoms with Gasteiger partial charge in [-0.3, -0.25) is 4.79 Å². The van der Waals surface area contributed by atoms with Crippen molar-refractivity contribution >= 4 is 5.97 Å². The molecule has 0 aromatic rings. The van der Waals surface area contributed by atoms with E-state index in [4.69, 9.17) is 14.2 Å². The second-order valence-corrected chi connectivity index (χ2v) is 8.03. The van der Waals surface area contributed by atoms with Gasteiger partial charge in [0.1, 0.15) is 6.10 Å². The van der Waals surface area contributed by atoms with Crippen molar-refractivity contribution in [3.8, 4) is 0 Å². The van der Waals surface area contributed by atoms with Crippen molar-refractivity contribution in [3.63, 3.8) is 0 Å². The van der Waals surface area contributed by atoms with Crippen LogP contribution in [0, 0.1) is 11.8 Å². The molecule has 0 bridgehead atoms. The minimum absolute atomic E-state index is 0.0781. The molecular formula is C20H34O5. The zero-order valence-corrected chi connectivity index (χ0v) is 15.6. The van der Waals surface area contributed by atoms with Crippen LogP contribution in [0.4, 0.5) is 0 Å². The maximum Gasteiger partial charge on any atom is 0.306 e. The van der Waals surface area contributed by atoms with Crippen LogP contribution in [0.25, 0.3) is 0 Å². The molecule has 5 nitrogen and oxygen atoms in total. The maximum atomic E-state index is 11.6. The van der Waals surface area contributed by atoms with Gasteiger partial charge in [0.05, 0.1) is 25.7 Å². The summed E-state index contributed by atoms with van der Waals surface area (Å²) in [5.74, 6) is -0.288. The van der Waals surface area contributed by atoms with Gasteiger partial charge < -0.3 is 19.3 Å². The van der Waals surface area contributed by atoms with Gasteiger partial charge >= 0.3 is 5.97 Å². The fourth-order valence-corrected chi connectivity index (χ4v) is 4.80. The molecule has 3 unspecified atom stereocenters. The van der Waals surface area contributed by atoms with E-state index in [1.807, 2.05) is 0 Å². The van der Waals surface area contributed by atoms with Gasteiger partial charge in [-0.2, -0.15) is 0 Å². The summed E-state index contributed by atoms with van der Waals surface area (Å²) in [6, 6.07) is 0. The number of fused-ring (bicyclic) bond motifs is 1. The van der Waals surface area contributed by atoms with Gasteiger partial charge in [0.15, 0.2) is 5.79 Å². The number of hydrogen-bond donors (Lipinski definition) is 1. The molecule has 0 aromatic heterocycles. The van der Waals surface area contributed by atoms with E-state index in [-0.39, 0.29) is 30.0 Å². The van der Waals surface area contributed by atoms with Gasteiger partial charge in [-0.1, -0.05) is 32.6 Å². The normalized spacial score (nSPS) is 34.1. The highest BCUT2D eigenvalue weighted by Gasteiger charge is 2.50. The Bertz CT molecular complexity index is 432. The Labute approximate surface area is 151 Å². The predicted molar refractivity (Wildman–Crippen MR) is 94.0 cm³/mol. The minimum atomic E-state index is -0.480. The van der Waals surface area contributed by atoms with E-state index in [2.05, 4.69) is 6.92 Å². The first-order valence-electron chi connectivity index (χ1n) is 10.3. The number of carbonyl (C=O) groups excluding carboxylic acids is 1. The summed E-state index contributed by atoms with van der Waals surface area (Å²) < 4.78 is 17.5. The fourth-order valence-electron chi connectivity index (χ4n) is 4.80. The summed E-state index contributed by atoms with van der Waals surface area (Å²) in [6.45, 7) is 3.75. The molecule has 1 aliphatic carbocycles. The van der Waals surface area contributed by atoms with Gasteiger partial charge in [-0.15, -0.1) is 0 Å². The lowest BCUT2D eigenvalue weighted by Crippen LogP contribution is -2.41. The van der Waals surface area contributed by atoms with E-state index in [9.17, 15) is 9.90 Å². The first kappa shape index (κ1) is 19.1. The number of hydrogen-bond acceptors (Lipinski definition) is 5. The van der Waals surface area contributed by atoms with Gasteiger partial charge in [-0.05, 0) is 25.2 Å². The molecule has 2 saturated heterocycles. The zero-order valence-electron chi connectivity index (χ0n) is 15.6. The molecule has 144 valence electrons. The molecule has 1 N–H and O–H groups in total. The molecule has 0 radical (unpaired) electrons. The summed E-state index contributed by atoms with van der Waals surface area (Å²) in [7, 11) is 0. The summed E-state index contributed by atoms with van der Waals surface area (Å²) in [6.07, 6.45) is 10.3. The number of ether oxygens (including phenoxy) is 3. The Morgan fingerprint density at radius 2 is 1.88 bits per heavy atom. The molecule has 3 rings (SSSR count). The molecule has 2 aliphatic heterocycles. The molecule has 0 spiro atoms. The second-order valence-electron chi connectivity index (χ2n) is 8.03. The SMILES string of the molecule is CCCCCCCC1(CC[C@H]2C(O)CC3OC(=O)CC32)OCCCO1. The van der Waals surface area contributed by atoms with E-state index >= 15 is 0 Å². The van der Waals surface area contributed by atoms with E-state index in [0.717, 1.165) is 45.3 Å². The number of esters is 1. The summed E-state index contributed by atoms with van der Waals surface area (Å²) in [5.41, 5.74) is 0. The average Bonchev–Trinajstić information content (AvgIpc) is 3.09. The maximum absolute atomic E-state index is 11.6. The topological polar surface area (TPSA) is 65.0 Å². The van der Waals surface area contributed by atoms with Gasteiger partial charge in [-0.25, -0.2) is 0 Å². The van der Waals surface area contributed by atoms with Crippen molar-refractivity contribution in [2.75, 3.05) is 13.2 Å². The van der Waals surface area contributed by atoms with E-state index in [1.54, 1.807) is 0 Å². The van der Waals surface area contributed by atoms with Crippen LogP contribution < -0.4 is 0 Å². The van der Waals surface area contributed by atoms with Crippen molar-refractivity contribution in [1.29, 1.82) is 0 Å². The number of carbonyl (C=O) groups is 1. The monoisotopic (exact) mass is 354 g/mol. The van der Waals surface area contributed by atoms with Gasteiger partial charge in [0, 0.05) is 25.2 Å². The first-order chi connectivity index (χ1) is 12.1. The number of rotatable bonds is 9. The van der Waals surface area contributed by atoms with Crippen molar-refractivity contribution in [2.45, 2.75) is 95.5 Å². The van der Waals surface area contributed by atoms with Crippen LogP contribution in [0.15, 0.2) is 0 Å². The third kappa shape index (κ3) is 4.75. The molecule has 1 saturated carbocycles. The van der Waals surface area contributed by atoms with Crippen LogP contribution in [-0.2, 0) is 19.0 Å². The van der Waals surface area contributed by atoms with Crippen molar-refractivity contribution in [1.82, 2.24) is 0 Å². The largest absolute Gasteiger partial charge is 0.462 e. The Balaban J connectivity index is 1.52. The van der Waals surface area contributed by atoms with Crippen molar-refractivity contribution < 1.29 is 24.1 Å². The van der Waals surface area contributed by atoms with E-state index in [1.165, 1.54) is 25.7 Å². The summed E-state index contributed by atoms with van der Waals surface area (Å²) in [4.78, 5) is 11.6. The molecule has 3 aliphatic rings. The molecule has 4 atom stereocenters. The summed E-state index contributed by atoms with van der Waals surface area (Å²) >= 11 is 0.